The molecule has 1 fully saturated rings. The minimum atomic E-state index is -0.750. The van der Waals surface area contributed by atoms with Gasteiger partial charge in [-0.15, -0.1) is 5.10 Å². The smallest absolute Gasteiger partial charge is 0.338 e. The second-order valence-corrected chi connectivity index (χ2v) is 11.3. The van der Waals surface area contributed by atoms with Gasteiger partial charge in [-0.1, -0.05) is 58.0 Å². The van der Waals surface area contributed by atoms with Gasteiger partial charge in [-0.05, 0) is 48.5 Å². The average molecular weight is 643 g/mol. The predicted octanol–water partition coefficient (Wildman–Crippen LogP) is 5.51. The van der Waals surface area contributed by atoms with E-state index in [0.717, 1.165) is 26.5 Å². The van der Waals surface area contributed by atoms with E-state index in [9.17, 15) is 19.2 Å². The topological polar surface area (TPSA) is 133 Å². The lowest BCUT2D eigenvalue weighted by Gasteiger charge is -2.15. The Morgan fingerprint density at radius 3 is 2.50 bits per heavy atom. The van der Waals surface area contributed by atoms with Crippen molar-refractivity contribution in [1.82, 2.24) is 15.2 Å². The number of ether oxygens (including phenoxy) is 1. The molecule has 1 aliphatic rings. The molecule has 0 saturated carbocycles. The van der Waals surface area contributed by atoms with Crippen molar-refractivity contribution in [2.24, 2.45) is 0 Å². The number of Topliss-reactive ketones (excluding diaryl/α,β-unsaturated/α-hetero) is 1. The number of hydrogen-bond acceptors (Lipinski definition) is 10. The maximum atomic E-state index is 13.2. The van der Waals surface area contributed by atoms with Gasteiger partial charge in [0.1, 0.15) is 16.5 Å². The first-order valence-electron chi connectivity index (χ1n) is 12.6. The van der Waals surface area contributed by atoms with Crippen LogP contribution in [0.4, 0.5) is 5.69 Å². The SMILES string of the molecule is O=C(COC(=O)c1ccc(N2C(=O)CC(Sc3nncc(-c4cc5ccccc5o4)n3)C2=O)cc1)c1ccc(Br)cc1. The fourth-order valence-corrected chi connectivity index (χ4v) is 5.54. The van der Waals surface area contributed by atoms with Crippen molar-refractivity contribution in [2.75, 3.05) is 11.5 Å². The Morgan fingerprint density at radius 2 is 1.74 bits per heavy atom. The highest BCUT2D eigenvalue weighted by Crippen LogP contribution is 2.34. The highest BCUT2D eigenvalue weighted by Gasteiger charge is 2.41. The summed E-state index contributed by atoms with van der Waals surface area (Å²) in [6, 6.07) is 21.9. The van der Waals surface area contributed by atoms with E-state index >= 15 is 0 Å². The molecule has 2 amide bonds. The molecule has 1 atom stereocenters. The molecule has 0 N–H and O–H groups in total. The van der Waals surface area contributed by atoms with Crippen LogP contribution >= 0.6 is 27.7 Å². The van der Waals surface area contributed by atoms with Gasteiger partial charge in [0.25, 0.3) is 0 Å². The van der Waals surface area contributed by atoms with Crippen LogP contribution in [0.15, 0.2) is 99.1 Å². The molecule has 42 heavy (non-hydrogen) atoms. The lowest BCUT2D eigenvalue weighted by atomic mass is 10.1. The molecule has 3 heterocycles. The number of fused-ring (bicyclic) bond motifs is 1. The number of amides is 2. The van der Waals surface area contributed by atoms with Gasteiger partial charge in [0.05, 0.1) is 17.4 Å². The number of para-hydroxylation sites is 1. The number of nitrogens with zero attached hydrogens (tertiary/aromatic N) is 4. The van der Waals surface area contributed by atoms with Crippen LogP contribution in [0.3, 0.4) is 0 Å². The van der Waals surface area contributed by atoms with Crippen molar-refractivity contribution in [2.45, 2.75) is 16.8 Å². The second-order valence-electron chi connectivity index (χ2n) is 9.20. The first kappa shape index (κ1) is 27.5. The molecule has 6 rings (SSSR count). The predicted molar refractivity (Wildman–Crippen MR) is 157 cm³/mol. The zero-order valence-electron chi connectivity index (χ0n) is 21.6. The van der Waals surface area contributed by atoms with Crippen LogP contribution in [-0.4, -0.2) is 50.6 Å². The molecule has 10 nitrogen and oxygen atoms in total. The number of ketones is 1. The minimum absolute atomic E-state index is 0.0519. The molecule has 1 aliphatic heterocycles. The van der Waals surface area contributed by atoms with Crippen LogP contribution in [0.5, 0.6) is 0 Å². The first-order valence-corrected chi connectivity index (χ1v) is 14.3. The van der Waals surface area contributed by atoms with Crippen molar-refractivity contribution < 1.29 is 28.3 Å². The molecule has 3 aromatic carbocycles. The number of imide groups is 1. The molecule has 0 bridgehead atoms. The molecular weight excluding hydrogens is 624 g/mol. The Labute approximate surface area is 251 Å². The number of anilines is 1. The van der Waals surface area contributed by atoms with E-state index in [4.69, 9.17) is 9.15 Å². The van der Waals surface area contributed by atoms with E-state index in [1.165, 1.54) is 30.5 Å². The van der Waals surface area contributed by atoms with Gasteiger partial charge in [0.15, 0.2) is 18.2 Å². The highest BCUT2D eigenvalue weighted by atomic mass is 79.9. The van der Waals surface area contributed by atoms with Gasteiger partial charge in [-0.25, -0.2) is 14.7 Å². The van der Waals surface area contributed by atoms with Crippen LogP contribution in [0.25, 0.3) is 22.4 Å². The monoisotopic (exact) mass is 642 g/mol. The van der Waals surface area contributed by atoms with E-state index in [1.54, 1.807) is 24.3 Å². The van der Waals surface area contributed by atoms with E-state index in [1.807, 2.05) is 30.3 Å². The quantitative estimate of drug-likeness (QED) is 0.121. The van der Waals surface area contributed by atoms with E-state index in [2.05, 4.69) is 31.1 Å². The Hall–Kier alpha value is -4.68. The molecule has 0 aliphatic carbocycles. The maximum absolute atomic E-state index is 13.2. The fourth-order valence-electron chi connectivity index (χ4n) is 4.34. The van der Waals surface area contributed by atoms with Gasteiger partial charge >= 0.3 is 5.97 Å². The summed E-state index contributed by atoms with van der Waals surface area (Å²) in [5, 5.41) is 8.42. The molecule has 2 aromatic heterocycles. The Kier molecular flexibility index (Phi) is 7.64. The second kappa shape index (κ2) is 11.7. The lowest BCUT2D eigenvalue weighted by molar-refractivity contribution is -0.121. The third-order valence-corrected chi connectivity index (χ3v) is 8.00. The van der Waals surface area contributed by atoms with Gasteiger partial charge in [0.2, 0.25) is 17.0 Å². The largest absolute Gasteiger partial charge is 0.454 e. The standard InChI is InChI=1S/C30H19BrN4O6S/c31-20-9-5-17(6-10-20)23(36)16-40-29(39)18-7-11-21(12-8-18)35-27(37)14-26(28(35)38)42-30-33-22(15-32-34-30)25-13-19-3-1-2-4-24(19)41-25/h1-13,15,26H,14,16H2. The zero-order valence-corrected chi connectivity index (χ0v) is 24.0. The summed E-state index contributed by atoms with van der Waals surface area (Å²) in [5.74, 6) is -1.35. The number of esters is 1. The van der Waals surface area contributed by atoms with Crippen molar-refractivity contribution in [3.05, 3.63) is 101 Å². The number of hydrogen-bond donors (Lipinski definition) is 0. The summed E-state index contributed by atoms with van der Waals surface area (Å²) in [5.41, 5.74) is 2.07. The number of carbonyl (C=O) groups excluding carboxylic acids is 4. The molecule has 0 spiro atoms. The summed E-state index contributed by atoms with van der Waals surface area (Å²) in [6.07, 6.45) is 1.42. The molecule has 1 unspecified atom stereocenters. The van der Waals surface area contributed by atoms with Gasteiger partial charge in [-0.3, -0.25) is 14.4 Å². The number of carbonyl (C=O) groups is 4. The molecule has 0 radical (unpaired) electrons. The molecule has 1 saturated heterocycles. The number of rotatable bonds is 8. The van der Waals surface area contributed by atoms with Crippen molar-refractivity contribution in [3.8, 4) is 11.5 Å². The minimum Gasteiger partial charge on any atom is -0.454 e. The number of aromatic nitrogens is 3. The summed E-state index contributed by atoms with van der Waals surface area (Å²) in [7, 11) is 0. The van der Waals surface area contributed by atoms with Crippen LogP contribution in [-0.2, 0) is 14.3 Å². The molecule has 5 aromatic rings. The fraction of sp³-hybridized carbons (Fsp3) is 0.100. The van der Waals surface area contributed by atoms with Crippen LogP contribution in [0.1, 0.15) is 27.1 Å². The Morgan fingerprint density at radius 1 is 1.00 bits per heavy atom. The highest BCUT2D eigenvalue weighted by molar-refractivity contribution is 9.10. The van der Waals surface area contributed by atoms with E-state index < -0.39 is 29.6 Å². The third-order valence-electron chi connectivity index (χ3n) is 6.43. The Bertz CT molecular complexity index is 1810. The van der Waals surface area contributed by atoms with E-state index in [0.29, 0.717) is 28.3 Å². The third kappa shape index (κ3) is 5.71. The van der Waals surface area contributed by atoms with Gasteiger partial charge in [0, 0.05) is 21.8 Å². The van der Waals surface area contributed by atoms with Crippen molar-refractivity contribution in [1.29, 1.82) is 0 Å². The van der Waals surface area contributed by atoms with Gasteiger partial charge < -0.3 is 9.15 Å². The number of thioether (sulfide) groups is 1. The Balaban J connectivity index is 1.10. The van der Waals surface area contributed by atoms with Gasteiger partial charge in [-0.2, -0.15) is 5.10 Å². The first-order chi connectivity index (χ1) is 20.4. The average Bonchev–Trinajstić information content (AvgIpc) is 3.56. The van der Waals surface area contributed by atoms with E-state index in [-0.39, 0.29) is 22.9 Å². The summed E-state index contributed by atoms with van der Waals surface area (Å²) >= 11 is 4.35. The number of benzene rings is 3. The van der Waals surface area contributed by atoms with Crippen molar-refractivity contribution >= 4 is 67.9 Å². The molecule has 12 heteroatoms. The zero-order chi connectivity index (χ0) is 29.2. The molecular formula is C30H19BrN4O6S. The lowest BCUT2D eigenvalue weighted by Crippen LogP contribution is -2.31. The summed E-state index contributed by atoms with van der Waals surface area (Å²) < 4.78 is 11.8. The number of furan rings is 1. The molecule has 208 valence electrons. The van der Waals surface area contributed by atoms with Crippen molar-refractivity contribution in [3.63, 3.8) is 0 Å². The van der Waals surface area contributed by atoms with Crippen LogP contribution in [0, 0.1) is 0 Å². The maximum Gasteiger partial charge on any atom is 0.338 e. The van der Waals surface area contributed by atoms with Crippen LogP contribution in [0.2, 0.25) is 0 Å². The summed E-state index contributed by atoms with van der Waals surface area (Å²) in [6.45, 7) is -0.418. The normalized spacial score (nSPS) is 14.9. The number of halogens is 1. The van der Waals surface area contributed by atoms with Crippen LogP contribution < -0.4 is 4.90 Å². The summed E-state index contributed by atoms with van der Waals surface area (Å²) in [4.78, 5) is 56.3.